The van der Waals surface area contributed by atoms with E-state index in [0.717, 1.165) is 4.47 Å². The highest BCUT2D eigenvalue weighted by Crippen LogP contribution is 2.23. The number of halogens is 1. The van der Waals surface area contributed by atoms with E-state index in [2.05, 4.69) is 21.2 Å². The van der Waals surface area contributed by atoms with Gasteiger partial charge in [-0.05, 0) is 31.5 Å². The van der Waals surface area contributed by atoms with Gasteiger partial charge in [0.25, 0.3) is 5.91 Å². The van der Waals surface area contributed by atoms with Crippen LogP contribution in [-0.4, -0.2) is 30.1 Å². The summed E-state index contributed by atoms with van der Waals surface area (Å²) in [7, 11) is 1.49. The van der Waals surface area contributed by atoms with Crippen LogP contribution in [0.25, 0.3) is 0 Å². The summed E-state index contributed by atoms with van der Waals surface area (Å²) in [5, 5.41) is 11.3. The Kier molecular flexibility index (Phi) is 5.82. The summed E-state index contributed by atoms with van der Waals surface area (Å²) in [4.78, 5) is 22.5. The molecule has 1 amide bonds. The van der Waals surface area contributed by atoms with Crippen molar-refractivity contribution in [1.82, 2.24) is 5.32 Å². The molecule has 1 unspecified atom stereocenters. The Hall–Kier alpha value is -1.56. The maximum absolute atomic E-state index is 12.0. The standard InChI is InChI=1S/C13H16BrNO4/c1-8(3-6-12(16)17)15-13(18)10-5-4-9(14)7-11(10)19-2/h4-5,7-8H,3,6H2,1-2H3,(H,15,18)(H,16,17). The summed E-state index contributed by atoms with van der Waals surface area (Å²) < 4.78 is 5.96. The molecular weight excluding hydrogens is 314 g/mol. The lowest BCUT2D eigenvalue weighted by atomic mass is 10.1. The van der Waals surface area contributed by atoms with E-state index in [9.17, 15) is 9.59 Å². The summed E-state index contributed by atoms with van der Waals surface area (Å²) in [5.41, 5.74) is 0.424. The Labute approximate surface area is 120 Å². The molecule has 5 nitrogen and oxygen atoms in total. The Morgan fingerprint density at radius 1 is 1.47 bits per heavy atom. The van der Waals surface area contributed by atoms with Crippen LogP contribution in [0.3, 0.4) is 0 Å². The number of methoxy groups -OCH3 is 1. The topological polar surface area (TPSA) is 75.6 Å². The average Bonchev–Trinajstić information content (AvgIpc) is 2.35. The van der Waals surface area contributed by atoms with Crippen LogP contribution in [0.5, 0.6) is 5.75 Å². The molecule has 0 bridgehead atoms. The van der Waals surface area contributed by atoms with Gasteiger partial charge >= 0.3 is 5.97 Å². The van der Waals surface area contributed by atoms with Crippen LogP contribution < -0.4 is 10.1 Å². The van der Waals surface area contributed by atoms with Crippen LogP contribution in [0.4, 0.5) is 0 Å². The molecular formula is C13H16BrNO4. The van der Waals surface area contributed by atoms with Gasteiger partial charge in [0.1, 0.15) is 5.75 Å². The van der Waals surface area contributed by atoms with Crippen LogP contribution in [-0.2, 0) is 4.79 Å². The Balaban J connectivity index is 2.70. The molecule has 0 aliphatic rings. The number of nitrogens with one attached hydrogen (secondary N) is 1. The zero-order valence-electron chi connectivity index (χ0n) is 10.8. The van der Waals surface area contributed by atoms with Crippen molar-refractivity contribution in [3.05, 3.63) is 28.2 Å². The van der Waals surface area contributed by atoms with Gasteiger partial charge in [0, 0.05) is 16.9 Å². The third-order valence-electron chi connectivity index (χ3n) is 2.58. The van der Waals surface area contributed by atoms with Gasteiger partial charge in [-0.15, -0.1) is 0 Å². The smallest absolute Gasteiger partial charge is 0.303 e. The monoisotopic (exact) mass is 329 g/mol. The van der Waals surface area contributed by atoms with E-state index in [0.29, 0.717) is 17.7 Å². The van der Waals surface area contributed by atoms with E-state index in [1.165, 1.54) is 7.11 Å². The van der Waals surface area contributed by atoms with E-state index >= 15 is 0 Å². The highest BCUT2D eigenvalue weighted by molar-refractivity contribution is 9.10. The van der Waals surface area contributed by atoms with E-state index in [1.54, 1.807) is 25.1 Å². The molecule has 0 heterocycles. The quantitative estimate of drug-likeness (QED) is 0.840. The lowest BCUT2D eigenvalue weighted by Gasteiger charge is -2.14. The van der Waals surface area contributed by atoms with E-state index in [4.69, 9.17) is 9.84 Å². The third kappa shape index (κ3) is 4.90. The first-order chi connectivity index (χ1) is 8.93. The summed E-state index contributed by atoms with van der Waals surface area (Å²) in [6.45, 7) is 1.77. The largest absolute Gasteiger partial charge is 0.496 e. The molecule has 1 rings (SSSR count). The lowest BCUT2D eigenvalue weighted by molar-refractivity contribution is -0.137. The van der Waals surface area contributed by atoms with Crippen molar-refractivity contribution in [1.29, 1.82) is 0 Å². The van der Waals surface area contributed by atoms with Gasteiger partial charge in [0.15, 0.2) is 0 Å². The molecule has 0 spiro atoms. The Morgan fingerprint density at radius 2 is 2.16 bits per heavy atom. The van der Waals surface area contributed by atoms with Crippen molar-refractivity contribution in [3.8, 4) is 5.75 Å². The maximum Gasteiger partial charge on any atom is 0.303 e. The van der Waals surface area contributed by atoms with Crippen LogP contribution in [0.15, 0.2) is 22.7 Å². The molecule has 6 heteroatoms. The highest BCUT2D eigenvalue weighted by Gasteiger charge is 2.15. The third-order valence-corrected chi connectivity index (χ3v) is 3.07. The molecule has 1 aromatic carbocycles. The van der Waals surface area contributed by atoms with Crippen LogP contribution in [0.2, 0.25) is 0 Å². The van der Waals surface area contributed by atoms with Gasteiger partial charge in [-0.3, -0.25) is 9.59 Å². The summed E-state index contributed by atoms with van der Waals surface area (Å²) >= 11 is 3.30. The van der Waals surface area contributed by atoms with Gasteiger partial charge in [-0.1, -0.05) is 15.9 Å². The number of carboxylic acids is 1. The SMILES string of the molecule is COc1cc(Br)ccc1C(=O)NC(C)CCC(=O)O. The minimum absolute atomic E-state index is 0.0267. The van der Waals surface area contributed by atoms with E-state index in [1.807, 2.05) is 0 Å². The molecule has 2 N–H and O–H groups in total. The first kappa shape index (κ1) is 15.5. The number of benzene rings is 1. The Morgan fingerprint density at radius 3 is 2.74 bits per heavy atom. The van der Waals surface area contributed by atoms with Crippen molar-refractivity contribution >= 4 is 27.8 Å². The number of carboxylic acid groups (broad SMARTS) is 1. The van der Waals surface area contributed by atoms with Crippen LogP contribution >= 0.6 is 15.9 Å². The number of carbonyl (C=O) groups is 2. The van der Waals surface area contributed by atoms with Crippen molar-refractivity contribution in [2.24, 2.45) is 0 Å². The van der Waals surface area contributed by atoms with Gasteiger partial charge in [-0.2, -0.15) is 0 Å². The predicted molar refractivity (Wildman–Crippen MR) is 74.5 cm³/mol. The first-order valence-electron chi connectivity index (χ1n) is 5.80. The van der Waals surface area contributed by atoms with Crippen molar-refractivity contribution < 1.29 is 19.4 Å². The number of rotatable bonds is 6. The zero-order valence-corrected chi connectivity index (χ0v) is 12.4. The lowest BCUT2D eigenvalue weighted by Crippen LogP contribution is -2.33. The summed E-state index contributed by atoms with van der Waals surface area (Å²) in [6.07, 6.45) is 0.416. The minimum Gasteiger partial charge on any atom is -0.496 e. The fourth-order valence-corrected chi connectivity index (χ4v) is 1.91. The van der Waals surface area contributed by atoms with Crippen molar-refractivity contribution in [2.75, 3.05) is 7.11 Å². The number of hydrogen-bond donors (Lipinski definition) is 2. The van der Waals surface area contributed by atoms with E-state index < -0.39 is 5.97 Å². The van der Waals surface area contributed by atoms with Gasteiger partial charge in [-0.25, -0.2) is 0 Å². The molecule has 0 saturated heterocycles. The molecule has 0 aliphatic heterocycles. The molecule has 0 aliphatic carbocycles. The number of hydrogen-bond acceptors (Lipinski definition) is 3. The molecule has 1 aromatic rings. The molecule has 0 aromatic heterocycles. The van der Waals surface area contributed by atoms with Crippen LogP contribution in [0, 0.1) is 0 Å². The minimum atomic E-state index is -0.873. The molecule has 0 saturated carbocycles. The van der Waals surface area contributed by atoms with Gasteiger partial charge in [0.2, 0.25) is 0 Å². The second-order valence-corrected chi connectivity index (χ2v) is 5.07. The normalized spacial score (nSPS) is 11.7. The molecule has 0 radical (unpaired) electrons. The Bertz CT molecular complexity index is 476. The fraction of sp³-hybridized carbons (Fsp3) is 0.385. The second kappa shape index (κ2) is 7.13. The average molecular weight is 330 g/mol. The van der Waals surface area contributed by atoms with Gasteiger partial charge in [0.05, 0.1) is 12.7 Å². The first-order valence-corrected chi connectivity index (χ1v) is 6.59. The van der Waals surface area contributed by atoms with Gasteiger partial charge < -0.3 is 15.2 Å². The number of amides is 1. The number of ether oxygens (including phenoxy) is 1. The second-order valence-electron chi connectivity index (χ2n) is 4.15. The summed E-state index contributed by atoms with van der Waals surface area (Å²) in [6, 6.07) is 4.90. The van der Waals surface area contributed by atoms with E-state index in [-0.39, 0.29) is 18.4 Å². The fourth-order valence-electron chi connectivity index (χ4n) is 1.57. The van der Waals surface area contributed by atoms with Crippen molar-refractivity contribution in [2.45, 2.75) is 25.8 Å². The molecule has 0 fully saturated rings. The number of aliphatic carboxylic acids is 1. The maximum atomic E-state index is 12.0. The molecule has 104 valence electrons. The van der Waals surface area contributed by atoms with Crippen molar-refractivity contribution in [3.63, 3.8) is 0 Å². The summed E-state index contributed by atoms with van der Waals surface area (Å²) in [5.74, 6) is -0.679. The predicted octanol–water partition coefficient (Wildman–Crippen LogP) is 2.44. The number of carbonyl (C=O) groups excluding carboxylic acids is 1. The zero-order chi connectivity index (χ0) is 14.4. The molecule has 19 heavy (non-hydrogen) atoms. The highest BCUT2D eigenvalue weighted by atomic mass is 79.9. The van der Waals surface area contributed by atoms with Crippen LogP contribution in [0.1, 0.15) is 30.1 Å². The molecule has 1 atom stereocenters.